The van der Waals surface area contributed by atoms with Gasteiger partial charge in [0.15, 0.2) is 0 Å². The predicted molar refractivity (Wildman–Crippen MR) is 92.7 cm³/mol. The van der Waals surface area contributed by atoms with Crippen LogP contribution in [0.4, 0.5) is 0 Å². The standard InChI is InChI=1S/C17H22N2O4S/c1-18(9-13-3-5-15(23-2)6-4-13)16(21)7-8-17(22)19-12-24-11-14(19)10-20/h3-6,10,14H,7-9,11-12H2,1-2H3/t14-/m1/s1. The Morgan fingerprint density at radius 3 is 2.67 bits per heavy atom. The fraction of sp³-hybridized carbons (Fsp3) is 0.471. The minimum atomic E-state index is -0.352. The SMILES string of the molecule is COc1ccc(CN(C)C(=O)CCC(=O)N2CSC[C@H]2C=O)cc1. The molecule has 0 radical (unpaired) electrons. The summed E-state index contributed by atoms with van der Waals surface area (Å²) in [4.78, 5) is 38.4. The van der Waals surface area contributed by atoms with E-state index in [4.69, 9.17) is 4.74 Å². The predicted octanol–water partition coefficient (Wildman–Crippen LogP) is 1.53. The summed E-state index contributed by atoms with van der Waals surface area (Å²) >= 11 is 1.56. The van der Waals surface area contributed by atoms with Crippen molar-refractivity contribution in [3.05, 3.63) is 29.8 Å². The highest BCUT2D eigenvalue weighted by molar-refractivity contribution is 7.99. The molecule has 0 saturated carbocycles. The molecule has 0 N–H and O–H groups in total. The van der Waals surface area contributed by atoms with Crippen molar-refractivity contribution in [1.29, 1.82) is 0 Å². The topological polar surface area (TPSA) is 66.9 Å². The highest BCUT2D eigenvalue weighted by Crippen LogP contribution is 2.21. The number of rotatable bonds is 7. The molecule has 2 amide bonds. The molecular formula is C17H22N2O4S. The summed E-state index contributed by atoms with van der Waals surface area (Å²) in [6.07, 6.45) is 1.09. The van der Waals surface area contributed by atoms with E-state index in [1.807, 2.05) is 24.3 Å². The second-order valence-electron chi connectivity index (χ2n) is 5.66. The summed E-state index contributed by atoms with van der Waals surface area (Å²) in [5.74, 6) is 1.71. The van der Waals surface area contributed by atoms with Crippen LogP contribution in [0.3, 0.4) is 0 Å². The van der Waals surface area contributed by atoms with Crippen molar-refractivity contribution in [1.82, 2.24) is 9.80 Å². The third-order valence-electron chi connectivity index (χ3n) is 3.95. The van der Waals surface area contributed by atoms with Gasteiger partial charge in [-0.1, -0.05) is 12.1 Å². The number of thioether (sulfide) groups is 1. The Labute approximate surface area is 146 Å². The zero-order valence-corrected chi connectivity index (χ0v) is 14.8. The normalized spacial score (nSPS) is 16.8. The number of methoxy groups -OCH3 is 1. The van der Waals surface area contributed by atoms with Crippen molar-refractivity contribution >= 4 is 29.9 Å². The van der Waals surface area contributed by atoms with Gasteiger partial charge in [0.25, 0.3) is 0 Å². The minimum Gasteiger partial charge on any atom is -0.497 e. The molecule has 130 valence electrons. The highest BCUT2D eigenvalue weighted by Gasteiger charge is 2.28. The van der Waals surface area contributed by atoms with Gasteiger partial charge in [0, 0.05) is 32.2 Å². The van der Waals surface area contributed by atoms with Crippen LogP contribution in [0.2, 0.25) is 0 Å². The van der Waals surface area contributed by atoms with Crippen LogP contribution in [0.1, 0.15) is 18.4 Å². The summed E-state index contributed by atoms with van der Waals surface area (Å²) in [5.41, 5.74) is 0.995. The third-order valence-corrected chi connectivity index (χ3v) is 4.99. The monoisotopic (exact) mass is 350 g/mol. The van der Waals surface area contributed by atoms with E-state index in [0.717, 1.165) is 17.6 Å². The maximum atomic E-state index is 12.2. The number of carbonyl (C=O) groups is 3. The third kappa shape index (κ3) is 4.74. The molecule has 0 unspecified atom stereocenters. The molecule has 1 aliphatic rings. The van der Waals surface area contributed by atoms with E-state index in [-0.39, 0.29) is 30.7 Å². The van der Waals surface area contributed by atoms with E-state index in [2.05, 4.69) is 0 Å². The van der Waals surface area contributed by atoms with Crippen LogP contribution < -0.4 is 4.74 Å². The summed E-state index contributed by atoms with van der Waals surface area (Å²) in [7, 11) is 3.33. The van der Waals surface area contributed by atoms with E-state index in [1.165, 1.54) is 0 Å². The van der Waals surface area contributed by atoms with Crippen LogP contribution in [-0.2, 0) is 20.9 Å². The molecule has 1 atom stereocenters. The second-order valence-corrected chi connectivity index (χ2v) is 6.66. The van der Waals surface area contributed by atoms with Crippen LogP contribution in [0.15, 0.2) is 24.3 Å². The molecule has 7 heteroatoms. The number of hydrogen-bond acceptors (Lipinski definition) is 5. The first kappa shape index (κ1) is 18.3. The minimum absolute atomic E-state index is 0.0892. The van der Waals surface area contributed by atoms with Gasteiger partial charge in [-0.3, -0.25) is 9.59 Å². The zero-order valence-electron chi connectivity index (χ0n) is 13.9. The van der Waals surface area contributed by atoms with E-state index in [1.54, 1.807) is 35.7 Å². The smallest absolute Gasteiger partial charge is 0.224 e. The largest absolute Gasteiger partial charge is 0.497 e. The molecule has 6 nitrogen and oxygen atoms in total. The van der Waals surface area contributed by atoms with E-state index >= 15 is 0 Å². The van der Waals surface area contributed by atoms with Crippen molar-refractivity contribution < 1.29 is 19.1 Å². The maximum absolute atomic E-state index is 12.2. The van der Waals surface area contributed by atoms with Crippen LogP contribution in [0, 0.1) is 0 Å². The van der Waals surface area contributed by atoms with E-state index < -0.39 is 0 Å². The number of nitrogens with zero attached hydrogens (tertiary/aromatic N) is 2. The Hall–Kier alpha value is -2.02. The Bertz CT molecular complexity index is 591. The molecule has 0 bridgehead atoms. The number of benzene rings is 1. The van der Waals surface area contributed by atoms with Crippen molar-refractivity contribution in [3.8, 4) is 5.75 Å². The second kappa shape index (κ2) is 8.73. The number of amides is 2. The molecule has 24 heavy (non-hydrogen) atoms. The molecule has 0 spiro atoms. The Kier molecular flexibility index (Phi) is 6.66. The lowest BCUT2D eigenvalue weighted by molar-refractivity contribution is -0.137. The Balaban J connectivity index is 1.80. The van der Waals surface area contributed by atoms with Crippen molar-refractivity contribution in [2.45, 2.75) is 25.4 Å². The van der Waals surface area contributed by atoms with Crippen molar-refractivity contribution in [2.24, 2.45) is 0 Å². The fourth-order valence-corrected chi connectivity index (χ4v) is 3.61. The molecule has 1 fully saturated rings. The van der Waals surface area contributed by atoms with Gasteiger partial charge in [-0.05, 0) is 17.7 Å². The van der Waals surface area contributed by atoms with Gasteiger partial charge in [0.2, 0.25) is 11.8 Å². The Morgan fingerprint density at radius 2 is 2.04 bits per heavy atom. The first-order chi connectivity index (χ1) is 11.5. The summed E-state index contributed by atoms with van der Waals surface area (Å²) in [6, 6.07) is 7.16. The van der Waals surface area contributed by atoms with Gasteiger partial charge in [0.05, 0.1) is 19.0 Å². The molecule has 1 aliphatic heterocycles. The van der Waals surface area contributed by atoms with Gasteiger partial charge < -0.3 is 19.3 Å². The summed E-state index contributed by atoms with van der Waals surface area (Å²) in [6.45, 7) is 0.480. The highest BCUT2D eigenvalue weighted by atomic mass is 32.2. The molecule has 0 aromatic heterocycles. The van der Waals surface area contributed by atoms with Gasteiger partial charge in [-0.2, -0.15) is 0 Å². The molecule has 0 aliphatic carbocycles. The average molecular weight is 350 g/mol. The fourth-order valence-electron chi connectivity index (χ4n) is 2.47. The first-order valence-corrected chi connectivity index (χ1v) is 8.90. The average Bonchev–Trinajstić information content (AvgIpc) is 3.08. The van der Waals surface area contributed by atoms with E-state index in [9.17, 15) is 14.4 Å². The van der Waals surface area contributed by atoms with Crippen LogP contribution >= 0.6 is 11.8 Å². The van der Waals surface area contributed by atoms with Gasteiger partial charge in [-0.15, -0.1) is 11.8 Å². The molecule has 1 saturated heterocycles. The van der Waals surface area contributed by atoms with Gasteiger partial charge in [0.1, 0.15) is 12.0 Å². The number of carbonyl (C=O) groups excluding carboxylic acids is 3. The summed E-state index contributed by atoms with van der Waals surface area (Å²) < 4.78 is 5.10. The molecule has 1 heterocycles. The molecule has 1 aromatic carbocycles. The van der Waals surface area contributed by atoms with Crippen LogP contribution in [0.25, 0.3) is 0 Å². The number of hydrogen-bond donors (Lipinski definition) is 0. The quantitative estimate of drug-likeness (QED) is 0.698. The molecule has 2 rings (SSSR count). The Morgan fingerprint density at radius 1 is 1.33 bits per heavy atom. The summed E-state index contributed by atoms with van der Waals surface area (Å²) in [5, 5.41) is 0. The maximum Gasteiger partial charge on any atom is 0.224 e. The lowest BCUT2D eigenvalue weighted by Gasteiger charge is -2.21. The van der Waals surface area contributed by atoms with Gasteiger partial charge >= 0.3 is 0 Å². The zero-order chi connectivity index (χ0) is 17.5. The lowest BCUT2D eigenvalue weighted by Crippen LogP contribution is -2.38. The van der Waals surface area contributed by atoms with Crippen LogP contribution in [0.5, 0.6) is 5.75 Å². The first-order valence-electron chi connectivity index (χ1n) is 7.74. The van der Waals surface area contributed by atoms with Crippen LogP contribution in [-0.4, -0.2) is 59.7 Å². The van der Waals surface area contributed by atoms with Crippen molar-refractivity contribution in [2.75, 3.05) is 25.8 Å². The number of aldehydes is 1. The number of ether oxygens (including phenoxy) is 1. The molecular weight excluding hydrogens is 328 g/mol. The van der Waals surface area contributed by atoms with Crippen molar-refractivity contribution in [3.63, 3.8) is 0 Å². The van der Waals surface area contributed by atoms with Gasteiger partial charge in [-0.25, -0.2) is 0 Å². The van der Waals surface area contributed by atoms with E-state index in [0.29, 0.717) is 18.2 Å². The molecule has 1 aromatic rings. The lowest BCUT2D eigenvalue weighted by atomic mass is 10.2.